The van der Waals surface area contributed by atoms with Gasteiger partial charge in [-0.25, -0.2) is 4.57 Å². The minimum atomic E-state index is 0. The standard InChI is InChI=1S/C12H13IN4S2.HI/c1-18-10-6(5-14)11-17(12(15)16-10)9-7(13)3-2-4-8(9)19-11;/h7-9,15H,2-4H2,1H3;1H/t7-,8-,9+;/m1./s1. The Labute approximate surface area is 157 Å². The number of aromatic nitrogens is 2. The van der Waals surface area contributed by atoms with Crippen LogP contribution in [-0.4, -0.2) is 20.4 Å². The van der Waals surface area contributed by atoms with Gasteiger partial charge < -0.3 is 24.0 Å². The predicted molar refractivity (Wildman–Crippen MR) is 85.7 cm³/mol. The fourth-order valence-corrected chi connectivity index (χ4v) is 6.62. The predicted octanol–water partition coefficient (Wildman–Crippen LogP) is -0.448. The first-order valence-corrected chi connectivity index (χ1v) is 9.52. The average molecular weight is 532 g/mol. The van der Waals surface area contributed by atoms with Gasteiger partial charge in [-0.1, -0.05) is 57.5 Å². The summed E-state index contributed by atoms with van der Waals surface area (Å²) in [6.45, 7) is 0. The fraction of sp³-hybridized carbons (Fsp3) is 0.583. The van der Waals surface area contributed by atoms with Crippen molar-refractivity contribution >= 4 is 52.1 Å². The summed E-state index contributed by atoms with van der Waals surface area (Å²) in [5.74, 6) is 0.557. The number of alkyl halides is 1. The van der Waals surface area contributed by atoms with Crippen LogP contribution in [0.2, 0.25) is 0 Å². The van der Waals surface area contributed by atoms with Crippen LogP contribution < -0.4 is 34.3 Å². The smallest absolute Gasteiger partial charge is 0.391 e. The molecular weight excluding hydrogens is 518 g/mol. The third-order valence-corrected chi connectivity index (χ3v) is 7.18. The number of hydrogen-bond donors (Lipinski definition) is 1. The van der Waals surface area contributed by atoms with Gasteiger partial charge in [-0.05, 0) is 19.1 Å². The van der Waals surface area contributed by atoms with Crippen LogP contribution in [0.1, 0.15) is 30.9 Å². The van der Waals surface area contributed by atoms with Gasteiger partial charge in [0.1, 0.15) is 17.7 Å². The maximum absolute atomic E-state index is 9.43. The number of nitrogens with zero attached hydrogens (tertiary/aromatic N) is 3. The molecule has 0 radical (unpaired) electrons. The van der Waals surface area contributed by atoms with E-state index in [1.165, 1.54) is 31.0 Å². The molecular formula is C12H14I2N4S2. The Morgan fingerprint density at radius 3 is 2.95 bits per heavy atom. The molecule has 3 atom stereocenters. The molecule has 2 N–H and O–H groups in total. The minimum Gasteiger partial charge on any atom is -1.00 e. The van der Waals surface area contributed by atoms with Crippen LogP contribution in [0.15, 0.2) is 10.1 Å². The van der Waals surface area contributed by atoms with Crippen molar-refractivity contribution in [3.8, 4) is 6.07 Å². The van der Waals surface area contributed by atoms with Gasteiger partial charge in [0.25, 0.3) is 0 Å². The van der Waals surface area contributed by atoms with Gasteiger partial charge in [0, 0.05) is 9.17 Å². The van der Waals surface area contributed by atoms with Crippen molar-refractivity contribution in [3.05, 3.63) is 5.56 Å². The van der Waals surface area contributed by atoms with Crippen LogP contribution in [0.4, 0.5) is 5.95 Å². The number of nitrogen functional groups attached to an aromatic ring is 1. The monoisotopic (exact) mass is 532 g/mol. The summed E-state index contributed by atoms with van der Waals surface area (Å²) in [6.07, 6.45) is 5.63. The average Bonchev–Trinajstić information content (AvgIpc) is 2.79. The first-order valence-electron chi connectivity index (χ1n) is 6.17. The second kappa shape index (κ2) is 6.75. The van der Waals surface area contributed by atoms with Crippen molar-refractivity contribution in [2.75, 3.05) is 12.0 Å². The lowest BCUT2D eigenvalue weighted by Gasteiger charge is -2.28. The van der Waals surface area contributed by atoms with E-state index < -0.39 is 0 Å². The van der Waals surface area contributed by atoms with Crippen molar-refractivity contribution in [2.45, 2.75) is 44.5 Å². The Bertz CT molecular complexity index is 576. The zero-order valence-corrected chi connectivity index (χ0v) is 16.8. The Morgan fingerprint density at radius 1 is 1.55 bits per heavy atom. The summed E-state index contributed by atoms with van der Waals surface area (Å²) >= 11 is 5.84. The van der Waals surface area contributed by atoms with Crippen LogP contribution in [0.5, 0.6) is 0 Å². The highest BCUT2D eigenvalue weighted by Crippen LogP contribution is 2.47. The van der Waals surface area contributed by atoms with Crippen LogP contribution >= 0.6 is 46.1 Å². The second-order valence-electron chi connectivity index (χ2n) is 4.74. The molecule has 8 heteroatoms. The molecule has 20 heavy (non-hydrogen) atoms. The van der Waals surface area contributed by atoms with Crippen LogP contribution in [0.25, 0.3) is 0 Å². The number of anilines is 1. The lowest BCUT2D eigenvalue weighted by Crippen LogP contribution is -3.00. The number of hydrogen-bond acceptors (Lipinski definition) is 5. The Hall–Kier alpha value is 0.530. The largest absolute Gasteiger partial charge is 1.00 e. The highest BCUT2D eigenvalue weighted by Gasteiger charge is 2.46. The number of thioether (sulfide) groups is 2. The summed E-state index contributed by atoms with van der Waals surface area (Å²) < 4.78 is 2.69. The van der Waals surface area contributed by atoms with Gasteiger partial charge in [0.05, 0.1) is 0 Å². The normalized spacial score (nSPS) is 27.1. The van der Waals surface area contributed by atoms with E-state index in [-0.39, 0.29) is 24.0 Å². The Morgan fingerprint density at radius 2 is 2.30 bits per heavy atom. The maximum atomic E-state index is 9.43. The molecule has 1 saturated carbocycles. The van der Waals surface area contributed by atoms with Gasteiger partial charge >= 0.3 is 5.95 Å². The highest BCUT2D eigenvalue weighted by atomic mass is 127. The summed E-state index contributed by atoms with van der Waals surface area (Å²) in [7, 11) is 0. The second-order valence-corrected chi connectivity index (χ2v) is 8.36. The quantitative estimate of drug-likeness (QED) is 0.175. The molecule has 2 aliphatic rings. The van der Waals surface area contributed by atoms with Gasteiger partial charge in [0.2, 0.25) is 0 Å². The molecule has 108 valence electrons. The zero-order chi connectivity index (χ0) is 13.6. The molecule has 0 aromatic carbocycles. The Kier molecular flexibility index (Phi) is 5.70. The van der Waals surface area contributed by atoms with Crippen molar-refractivity contribution in [1.82, 2.24) is 4.98 Å². The third kappa shape index (κ3) is 2.63. The number of halogens is 2. The van der Waals surface area contributed by atoms with Crippen molar-refractivity contribution in [1.29, 1.82) is 5.26 Å². The molecule has 1 aromatic rings. The van der Waals surface area contributed by atoms with Gasteiger partial charge in [-0.15, -0.1) is 0 Å². The van der Waals surface area contributed by atoms with E-state index in [4.69, 9.17) is 5.73 Å². The third-order valence-electron chi connectivity index (χ3n) is 3.70. The molecule has 1 aromatic heterocycles. The van der Waals surface area contributed by atoms with Crippen LogP contribution in [0, 0.1) is 11.3 Å². The van der Waals surface area contributed by atoms with Gasteiger partial charge in [0.15, 0.2) is 10.1 Å². The lowest BCUT2D eigenvalue weighted by atomic mass is 9.94. The van der Waals surface area contributed by atoms with Crippen LogP contribution in [-0.2, 0) is 0 Å². The van der Waals surface area contributed by atoms with E-state index in [1.54, 1.807) is 0 Å². The number of fused-ring (bicyclic) bond motifs is 3. The molecule has 4 nitrogen and oxygen atoms in total. The zero-order valence-electron chi connectivity index (χ0n) is 10.8. The number of rotatable bonds is 1. The lowest BCUT2D eigenvalue weighted by molar-refractivity contribution is -0.739. The Balaban J connectivity index is 0.00000147. The number of nitrogens with two attached hydrogens (primary N) is 1. The summed E-state index contributed by atoms with van der Waals surface area (Å²) in [5.41, 5.74) is 6.85. The summed E-state index contributed by atoms with van der Waals surface area (Å²) in [4.78, 5) is 4.42. The summed E-state index contributed by atoms with van der Waals surface area (Å²) in [6, 6.07) is 2.71. The van der Waals surface area contributed by atoms with E-state index in [9.17, 15) is 5.26 Å². The first-order chi connectivity index (χ1) is 9.17. The number of nitriles is 1. The molecule has 1 fully saturated rings. The maximum Gasteiger partial charge on any atom is 0.391 e. The summed E-state index contributed by atoms with van der Waals surface area (Å²) in [5, 5.41) is 11.8. The highest BCUT2D eigenvalue weighted by molar-refractivity contribution is 14.1. The molecule has 0 bridgehead atoms. The topological polar surface area (TPSA) is 66.6 Å². The molecule has 0 saturated heterocycles. The molecule has 2 heterocycles. The van der Waals surface area contributed by atoms with Crippen LogP contribution in [0.3, 0.4) is 0 Å². The SMILES string of the molecule is CSc1nc(N)[n+]2c(c1C#N)S[C@@H]1CCC[C@@H](I)[C@@H]12.[I-]. The first kappa shape index (κ1) is 16.9. The van der Waals surface area contributed by atoms with E-state index >= 15 is 0 Å². The van der Waals surface area contributed by atoms with Crippen molar-refractivity contribution < 1.29 is 28.5 Å². The molecule has 1 aliphatic heterocycles. The molecule has 1 aliphatic carbocycles. The molecule has 3 rings (SSSR count). The van der Waals surface area contributed by atoms with E-state index in [0.717, 1.165) is 10.1 Å². The molecule has 0 spiro atoms. The minimum absolute atomic E-state index is 0. The molecule has 0 amide bonds. The van der Waals surface area contributed by atoms with Gasteiger partial charge in [-0.3, -0.25) is 5.73 Å². The molecule has 0 unspecified atom stereocenters. The van der Waals surface area contributed by atoms with Crippen molar-refractivity contribution in [3.63, 3.8) is 0 Å². The van der Waals surface area contributed by atoms with E-state index in [1.807, 2.05) is 18.0 Å². The van der Waals surface area contributed by atoms with Crippen molar-refractivity contribution in [2.24, 2.45) is 0 Å². The van der Waals surface area contributed by atoms with E-state index in [2.05, 4.69) is 38.2 Å². The fourth-order valence-electron chi connectivity index (χ4n) is 2.87. The van der Waals surface area contributed by atoms with E-state index in [0.29, 0.717) is 26.7 Å². The van der Waals surface area contributed by atoms with Gasteiger partial charge in [-0.2, -0.15) is 5.26 Å².